The summed E-state index contributed by atoms with van der Waals surface area (Å²) in [5.74, 6) is -0.174. The van der Waals surface area contributed by atoms with Crippen LogP contribution in [0.5, 0.6) is 0 Å². The van der Waals surface area contributed by atoms with Gasteiger partial charge in [0.1, 0.15) is 5.15 Å². The first-order valence-corrected chi connectivity index (χ1v) is 5.92. The number of halogens is 1. The van der Waals surface area contributed by atoms with Gasteiger partial charge < -0.3 is 10.1 Å². The van der Waals surface area contributed by atoms with E-state index in [4.69, 9.17) is 16.3 Å². The van der Waals surface area contributed by atoms with E-state index in [1.165, 1.54) is 6.20 Å². The van der Waals surface area contributed by atoms with Crippen LogP contribution in [0.4, 0.5) is 0 Å². The molecule has 0 saturated carbocycles. The number of carbonyl (C=O) groups excluding carboxylic acids is 1. The molecule has 94 valence electrons. The van der Waals surface area contributed by atoms with Gasteiger partial charge in [0, 0.05) is 25.2 Å². The van der Waals surface area contributed by atoms with Crippen molar-refractivity contribution in [2.45, 2.75) is 0 Å². The molecule has 1 amide bonds. The van der Waals surface area contributed by atoms with Crippen LogP contribution in [-0.4, -0.2) is 31.2 Å². The lowest BCUT2D eigenvalue weighted by Crippen LogP contribution is -2.27. The van der Waals surface area contributed by atoms with Gasteiger partial charge in [0.25, 0.3) is 5.91 Å². The van der Waals surface area contributed by atoms with Crippen LogP contribution in [-0.2, 0) is 4.74 Å². The van der Waals surface area contributed by atoms with Gasteiger partial charge in [-0.25, -0.2) is 4.98 Å². The number of hydrogen-bond acceptors (Lipinski definition) is 3. The molecule has 0 fully saturated rings. The quantitative estimate of drug-likeness (QED) is 0.681. The fourth-order valence-electron chi connectivity index (χ4n) is 1.70. The van der Waals surface area contributed by atoms with Gasteiger partial charge in [0.05, 0.1) is 12.2 Å². The normalized spacial score (nSPS) is 10.6. The summed E-state index contributed by atoms with van der Waals surface area (Å²) in [6, 6.07) is 7.43. The lowest BCUT2D eigenvalue weighted by atomic mass is 10.1. The highest BCUT2D eigenvalue weighted by Gasteiger charge is 2.11. The highest BCUT2D eigenvalue weighted by molar-refractivity contribution is 6.34. The zero-order valence-corrected chi connectivity index (χ0v) is 10.7. The molecule has 0 aliphatic rings. The molecule has 1 aromatic heterocycles. The van der Waals surface area contributed by atoms with E-state index in [1.54, 1.807) is 7.11 Å². The molecular weight excluding hydrogens is 252 g/mol. The number of pyridine rings is 1. The van der Waals surface area contributed by atoms with Crippen molar-refractivity contribution >= 4 is 28.3 Å². The second kappa shape index (κ2) is 5.80. The minimum atomic E-state index is -0.174. The van der Waals surface area contributed by atoms with E-state index in [1.807, 2.05) is 24.3 Å². The zero-order valence-electron chi connectivity index (χ0n) is 9.94. The predicted octanol–water partition coefficient (Wildman–Crippen LogP) is 2.26. The monoisotopic (exact) mass is 264 g/mol. The molecule has 18 heavy (non-hydrogen) atoms. The Bertz CT molecular complexity index is 572. The Morgan fingerprint density at radius 3 is 2.83 bits per heavy atom. The van der Waals surface area contributed by atoms with Crippen molar-refractivity contribution < 1.29 is 9.53 Å². The van der Waals surface area contributed by atoms with Crippen LogP contribution in [0.15, 0.2) is 30.5 Å². The third-order valence-corrected chi connectivity index (χ3v) is 2.88. The summed E-state index contributed by atoms with van der Waals surface area (Å²) in [5, 5.41) is 4.74. The molecular formula is C13H13ClN2O2. The first kappa shape index (κ1) is 12.8. The topological polar surface area (TPSA) is 51.2 Å². The Balaban J connectivity index is 2.33. The van der Waals surface area contributed by atoms with Crippen molar-refractivity contribution in [3.8, 4) is 0 Å². The molecule has 0 aliphatic carbocycles. The van der Waals surface area contributed by atoms with Gasteiger partial charge in [0.15, 0.2) is 0 Å². The minimum absolute atomic E-state index is 0.174. The molecule has 4 nitrogen and oxygen atoms in total. The third-order valence-electron chi connectivity index (χ3n) is 2.58. The van der Waals surface area contributed by atoms with Gasteiger partial charge in [-0.2, -0.15) is 0 Å². The minimum Gasteiger partial charge on any atom is -0.383 e. The van der Waals surface area contributed by atoms with Crippen molar-refractivity contribution in [3.63, 3.8) is 0 Å². The standard InChI is InChI=1S/C13H13ClN2O2/c1-18-7-6-15-13(17)11-8-16-12(14)10-5-3-2-4-9(10)11/h2-5,8H,6-7H2,1H3,(H,15,17). The van der Waals surface area contributed by atoms with Gasteiger partial charge in [-0.15, -0.1) is 0 Å². The lowest BCUT2D eigenvalue weighted by molar-refractivity contribution is 0.0938. The smallest absolute Gasteiger partial charge is 0.253 e. The molecule has 2 aromatic rings. The fraction of sp³-hybridized carbons (Fsp3) is 0.231. The second-order valence-corrected chi connectivity index (χ2v) is 4.11. The van der Waals surface area contributed by atoms with Crippen LogP contribution >= 0.6 is 11.6 Å². The number of rotatable bonds is 4. The van der Waals surface area contributed by atoms with Crippen molar-refractivity contribution in [1.82, 2.24) is 10.3 Å². The fourth-order valence-corrected chi connectivity index (χ4v) is 1.91. The van der Waals surface area contributed by atoms with Gasteiger partial charge in [0.2, 0.25) is 0 Å². The van der Waals surface area contributed by atoms with Crippen LogP contribution in [0.2, 0.25) is 5.15 Å². The molecule has 1 heterocycles. The first-order chi connectivity index (χ1) is 8.74. The maximum absolute atomic E-state index is 12.0. The number of amides is 1. The Hall–Kier alpha value is -1.65. The zero-order chi connectivity index (χ0) is 13.0. The van der Waals surface area contributed by atoms with Crippen molar-refractivity contribution in [2.75, 3.05) is 20.3 Å². The third kappa shape index (κ3) is 2.60. The number of nitrogens with zero attached hydrogens (tertiary/aromatic N) is 1. The number of carbonyl (C=O) groups is 1. The van der Waals surface area contributed by atoms with E-state index < -0.39 is 0 Å². The van der Waals surface area contributed by atoms with E-state index >= 15 is 0 Å². The predicted molar refractivity (Wildman–Crippen MR) is 71.0 cm³/mol. The molecule has 0 saturated heterocycles. The van der Waals surface area contributed by atoms with Gasteiger partial charge in [-0.05, 0) is 5.39 Å². The summed E-state index contributed by atoms with van der Waals surface area (Å²) in [5.41, 5.74) is 0.520. The Morgan fingerprint density at radius 1 is 1.39 bits per heavy atom. The first-order valence-electron chi connectivity index (χ1n) is 5.54. The number of aromatic nitrogens is 1. The molecule has 1 N–H and O–H groups in total. The Labute approximate surface area is 110 Å². The molecule has 0 atom stereocenters. The highest BCUT2D eigenvalue weighted by Crippen LogP contribution is 2.23. The molecule has 1 aromatic carbocycles. The largest absolute Gasteiger partial charge is 0.383 e. The highest BCUT2D eigenvalue weighted by atomic mass is 35.5. The number of ether oxygens (including phenoxy) is 1. The molecule has 0 aliphatic heterocycles. The van der Waals surface area contributed by atoms with Gasteiger partial charge in [-0.3, -0.25) is 4.79 Å². The number of methoxy groups -OCH3 is 1. The maximum atomic E-state index is 12.0. The summed E-state index contributed by atoms with van der Waals surface area (Å²) < 4.78 is 4.88. The summed E-state index contributed by atoms with van der Waals surface area (Å²) in [7, 11) is 1.59. The average molecular weight is 265 g/mol. The van der Waals surface area contributed by atoms with E-state index in [0.29, 0.717) is 23.9 Å². The number of hydrogen-bond donors (Lipinski definition) is 1. The van der Waals surface area contributed by atoms with Crippen LogP contribution in [0, 0.1) is 0 Å². The molecule has 0 radical (unpaired) electrons. The number of nitrogens with one attached hydrogen (secondary N) is 1. The van der Waals surface area contributed by atoms with Crippen LogP contribution < -0.4 is 5.32 Å². The van der Waals surface area contributed by atoms with Crippen LogP contribution in [0.1, 0.15) is 10.4 Å². The molecule has 2 rings (SSSR count). The molecule has 0 unspecified atom stereocenters. The number of fused-ring (bicyclic) bond motifs is 1. The van der Waals surface area contributed by atoms with E-state index in [-0.39, 0.29) is 5.91 Å². The molecule has 0 spiro atoms. The summed E-state index contributed by atoms with van der Waals surface area (Å²) >= 11 is 6.00. The Kier molecular flexibility index (Phi) is 4.12. The average Bonchev–Trinajstić information content (AvgIpc) is 2.39. The van der Waals surface area contributed by atoms with Crippen molar-refractivity contribution in [3.05, 3.63) is 41.2 Å². The van der Waals surface area contributed by atoms with E-state index in [2.05, 4.69) is 10.3 Å². The van der Waals surface area contributed by atoms with Crippen molar-refractivity contribution in [1.29, 1.82) is 0 Å². The van der Waals surface area contributed by atoms with Gasteiger partial charge in [-0.1, -0.05) is 35.9 Å². The molecule has 0 bridgehead atoms. The van der Waals surface area contributed by atoms with Crippen LogP contribution in [0.3, 0.4) is 0 Å². The lowest BCUT2D eigenvalue weighted by Gasteiger charge is -2.08. The Morgan fingerprint density at radius 2 is 2.11 bits per heavy atom. The van der Waals surface area contributed by atoms with Gasteiger partial charge >= 0.3 is 0 Å². The van der Waals surface area contributed by atoms with Crippen LogP contribution in [0.25, 0.3) is 10.8 Å². The molecule has 5 heteroatoms. The van der Waals surface area contributed by atoms with E-state index in [0.717, 1.165) is 10.8 Å². The van der Waals surface area contributed by atoms with Crippen molar-refractivity contribution in [2.24, 2.45) is 0 Å². The SMILES string of the molecule is COCCNC(=O)c1cnc(Cl)c2ccccc12. The summed E-state index contributed by atoms with van der Waals surface area (Å²) in [6.07, 6.45) is 1.49. The second-order valence-electron chi connectivity index (χ2n) is 3.76. The summed E-state index contributed by atoms with van der Waals surface area (Å²) in [4.78, 5) is 16.0. The van der Waals surface area contributed by atoms with E-state index in [9.17, 15) is 4.79 Å². The maximum Gasteiger partial charge on any atom is 0.253 e. The summed E-state index contributed by atoms with van der Waals surface area (Å²) in [6.45, 7) is 0.941. The number of benzene rings is 1.